The first kappa shape index (κ1) is 25.5. The van der Waals surface area contributed by atoms with E-state index in [1.54, 1.807) is 14.2 Å². The van der Waals surface area contributed by atoms with Crippen molar-refractivity contribution in [2.45, 2.75) is 13.0 Å². The Balaban J connectivity index is 0.00000341. The molecule has 0 amide bonds. The van der Waals surface area contributed by atoms with Gasteiger partial charge in [-0.25, -0.2) is 4.98 Å². The molecule has 0 aliphatic carbocycles. The van der Waals surface area contributed by atoms with Crippen LogP contribution in [0.2, 0.25) is 5.02 Å². The number of nitrogens with one attached hydrogen (secondary N) is 2. The van der Waals surface area contributed by atoms with E-state index in [1.165, 1.54) is 0 Å². The zero-order valence-corrected chi connectivity index (χ0v) is 21.5. The number of methoxy groups -OCH3 is 1. The van der Waals surface area contributed by atoms with Gasteiger partial charge in [-0.2, -0.15) is 0 Å². The summed E-state index contributed by atoms with van der Waals surface area (Å²) in [6.07, 6.45) is 2.73. The molecule has 3 rings (SSSR count). The Morgan fingerprint density at radius 1 is 1.16 bits per heavy atom. The zero-order chi connectivity index (χ0) is 21.3. The van der Waals surface area contributed by atoms with Crippen molar-refractivity contribution in [1.29, 1.82) is 0 Å². The number of benzene rings is 1. The highest BCUT2D eigenvalue weighted by molar-refractivity contribution is 14.0. The largest absolute Gasteiger partial charge is 0.497 e. The minimum absolute atomic E-state index is 0. The van der Waals surface area contributed by atoms with E-state index < -0.39 is 0 Å². The van der Waals surface area contributed by atoms with Crippen molar-refractivity contribution in [3.05, 3.63) is 52.7 Å². The topological polar surface area (TPSA) is 65.0 Å². The normalized spacial score (nSPS) is 14.7. The molecule has 1 saturated heterocycles. The van der Waals surface area contributed by atoms with Crippen LogP contribution in [0.3, 0.4) is 0 Å². The van der Waals surface area contributed by atoms with Crippen LogP contribution in [0, 0.1) is 0 Å². The zero-order valence-electron chi connectivity index (χ0n) is 18.4. The molecule has 0 spiro atoms. The number of pyridine rings is 1. The summed E-state index contributed by atoms with van der Waals surface area (Å²) in [4.78, 5) is 13.6. The predicted octanol–water partition coefficient (Wildman–Crippen LogP) is 3.02. The van der Waals surface area contributed by atoms with Gasteiger partial charge in [-0.05, 0) is 42.8 Å². The van der Waals surface area contributed by atoms with E-state index in [0.717, 1.165) is 67.8 Å². The molecule has 170 valence electrons. The second kappa shape index (κ2) is 12.9. The van der Waals surface area contributed by atoms with Gasteiger partial charge in [-0.1, -0.05) is 23.7 Å². The molecule has 0 radical (unpaired) electrons. The molecule has 2 heterocycles. The highest BCUT2D eigenvalue weighted by atomic mass is 127. The van der Waals surface area contributed by atoms with Crippen LogP contribution in [0.5, 0.6) is 5.75 Å². The van der Waals surface area contributed by atoms with Crippen LogP contribution in [-0.2, 0) is 13.0 Å². The van der Waals surface area contributed by atoms with Gasteiger partial charge >= 0.3 is 0 Å². The fraction of sp³-hybridized carbons (Fsp3) is 0.455. The van der Waals surface area contributed by atoms with Gasteiger partial charge < -0.3 is 25.2 Å². The van der Waals surface area contributed by atoms with Gasteiger partial charge in [0.2, 0.25) is 0 Å². The highest BCUT2D eigenvalue weighted by Crippen LogP contribution is 2.22. The number of aromatic nitrogens is 1. The van der Waals surface area contributed by atoms with Crippen LogP contribution >= 0.6 is 35.6 Å². The van der Waals surface area contributed by atoms with Gasteiger partial charge in [-0.15, -0.1) is 24.0 Å². The van der Waals surface area contributed by atoms with E-state index in [4.69, 9.17) is 16.3 Å². The van der Waals surface area contributed by atoms with Gasteiger partial charge in [0.1, 0.15) is 11.6 Å². The van der Waals surface area contributed by atoms with Crippen molar-refractivity contribution in [3.8, 4) is 5.75 Å². The average Bonchev–Trinajstić information content (AvgIpc) is 2.78. The summed E-state index contributed by atoms with van der Waals surface area (Å²) in [6.45, 7) is 5.60. The Bertz CT molecular complexity index is 840. The first-order chi connectivity index (χ1) is 14.6. The van der Waals surface area contributed by atoms with Crippen LogP contribution < -0.4 is 20.3 Å². The molecule has 1 aliphatic heterocycles. The molecule has 1 fully saturated rings. The molecule has 1 aromatic carbocycles. The first-order valence-electron chi connectivity index (χ1n) is 10.2. The molecule has 0 saturated carbocycles. The van der Waals surface area contributed by atoms with E-state index in [9.17, 15) is 0 Å². The average molecular weight is 559 g/mol. The third-order valence-corrected chi connectivity index (χ3v) is 5.62. The van der Waals surface area contributed by atoms with E-state index in [-0.39, 0.29) is 24.0 Å². The van der Waals surface area contributed by atoms with E-state index in [2.05, 4.69) is 49.6 Å². The lowest BCUT2D eigenvalue weighted by Gasteiger charge is -2.33. The molecular formula is C22H32ClIN6O. The van der Waals surface area contributed by atoms with E-state index in [0.29, 0.717) is 11.6 Å². The lowest BCUT2D eigenvalue weighted by Crippen LogP contribution is -2.44. The highest BCUT2D eigenvalue weighted by Gasteiger charge is 2.14. The van der Waals surface area contributed by atoms with E-state index in [1.807, 2.05) is 24.4 Å². The summed E-state index contributed by atoms with van der Waals surface area (Å²) < 4.78 is 5.19. The quantitative estimate of drug-likeness (QED) is 0.310. The molecule has 1 aliphatic rings. The molecule has 2 N–H and O–H groups in total. The molecule has 2 aromatic rings. The Labute approximate surface area is 207 Å². The van der Waals surface area contributed by atoms with Crippen LogP contribution in [0.4, 0.5) is 5.82 Å². The fourth-order valence-corrected chi connectivity index (χ4v) is 3.59. The van der Waals surface area contributed by atoms with Crippen molar-refractivity contribution in [1.82, 2.24) is 20.5 Å². The monoisotopic (exact) mass is 558 g/mol. The third-order valence-electron chi connectivity index (χ3n) is 5.27. The SMILES string of the molecule is CN=C(NCCc1ccc(OC)cc1Cl)NCc1ccc(N2CCN(C)CC2)nc1.I. The maximum absolute atomic E-state index is 6.31. The Morgan fingerprint density at radius 2 is 1.94 bits per heavy atom. The van der Waals surface area contributed by atoms with Crippen molar-refractivity contribution in [2.75, 3.05) is 58.8 Å². The number of guanidine groups is 1. The Kier molecular flexibility index (Phi) is 10.6. The number of aliphatic imine (C=N–C) groups is 1. The molecule has 31 heavy (non-hydrogen) atoms. The lowest BCUT2D eigenvalue weighted by molar-refractivity contribution is 0.312. The summed E-state index contributed by atoms with van der Waals surface area (Å²) in [5.41, 5.74) is 2.19. The number of likely N-dealkylation sites (N-methyl/N-ethyl adjacent to an activating group) is 1. The number of ether oxygens (including phenoxy) is 1. The molecule has 1 aromatic heterocycles. The van der Waals surface area contributed by atoms with Crippen LogP contribution in [0.25, 0.3) is 0 Å². The number of halogens is 2. The summed E-state index contributed by atoms with van der Waals surface area (Å²) in [6, 6.07) is 9.98. The number of rotatable bonds is 7. The maximum Gasteiger partial charge on any atom is 0.191 e. The number of hydrogen-bond acceptors (Lipinski definition) is 5. The number of hydrogen-bond donors (Lipinski definition) is 2. The molecule has 7 nitrogen and oxygen atoms in total. The molecule has 0 atom stereocenters. The smallest absolute Gasteiger partial charge is 0.191 e. The minimum atomic E-state index is 0. The fourth-order valence-electron chi connectivity index (χ4n) is 3.32. The van der Waals surface area contributed by atoms with Crippen molar-refractivity contribution in [3.63, 3.8) is 0 Å². The summed E-state index contributed by atoms with van der Waals surface area (Å²) in [7, 11) is 5.56. The third kappa shape index (κ3) is 7.69. The predicted molar refractivity (Wildman–Crippen MR) is 139 cm³/mol. The number of anilines is 1. The summed E-state index contributed by atoms with van der Waals surface area (Å²) in [5, 5.41) is 7.38. The molecular weight excluding hydrogens is 527 g/mol. The summed E-state index contributed by atoms with van der Waals surface area (Å²) in [5.74, 6) is 2.56. The van der Waals surface area contributed by atoms with Crippen LogP contribution in [0.1, 0.15) is 11.1 Å². The Hall–Kier alpha value is -1.78. The van der Waals surface area contributed by atoms with Gasteiger partial charge in [0, 0.05) is 57.5 Å². The van der Waals surface area contributed by atoms with Crippen molar-refractivity contribution < 1.29 is 4.74 Å². The maximum atomic E-state index is 6.31. The van der Waals surface area contributed by atoms with Crippen LogP contribution in [-0.4, -0.2) is 69.8 Å². The first-order valence-corrected chi connectivity index (χ1v) is 10.6. The molecule has 9 heteroatoms. The van der Waals surface area contributed by atoms with Crippen LogP contribution in [0.15, 0.2) is 41.5 Å². The minimum Gasteiger partial charge on any atom is -0.497 e. The molecule has 0 bridgehead atoms. The lowest BCUT2D eigenvalue weighted by atomic mass is 10.1. The van der Waals surface area contributed by atoms with Gasteiger partial charge in [0.25, 0.3) is 0 Å². The van der Waals surface area contributed by atoms with Gasteiger partial charge in [-0.3, -0.25) is 4.99 Å². The molecule has 0 unspecified atom stereocenters. The van der Waals surface area contributed by atoms with Gasteiger partial charge in [0.15, 0.2) is 5.96 Å². The van der Waals surface area contributed by atoms with Gasteiger partial charge in [0.05, 0.1) is 7.11 Å². The van der Waals surface area contributed by atoms with Crippen molar-refractivity contribution >= 4 is 47.4 Å². The number of nitrogens with zero attached hydrogens (tertiary/aromatic N) is 4. The van der Waals surface area contributed by atoms with Crippen molar-refractivity contribution in [2.24, 2.45) is 4.99 Å². The second-order valence-corrected chi connectivity index (χ2v) is 7.78. The van der Waals surface area contributed by atoms with E-state index >= 15 is 0 Å². The second-order valence-electron chi connectivity index (χ2n) is 7.37. The summed E-state index contributed by atoms with van der Waals surface area (Å²) >= 11 is 6.31. The Morgan fingerprint density at radius 3 is 2.55 bits per heavy atom. The standard InChI is InChI=1S/C22H31ClN6O.HI/c1-24-22(25-9-8-18-5-6-19(30-3)14-20(18)23)27-16-17-4-7-21(26-15-17)29-12-10-28(2)11-13-29;/h4-7,14-15H,8-13,16H2,1-3H3,(H2,24,25,27);1H. The number of piperazine rings is 1.